The Kier molecular flexibility index (Phi) is 14.2. The molecule has 4 amide bonds. The molecule has 0 bridgehead atoms. The topological polar surface area (TPSA) is 204 Å². The van der Waals surface area contributed by atoms with Gasteiger partial charge in [0, 0.05) is 31.4 Å². The second-order valence-electron chi connectivity index (χ2n) is 16.7. The lowest BCUT2D eigenvalue weighted by Crippen LogP contribution is -2.60. The van der Waals surface area contributed by atoms with Crippen molar-refractivity contribution in [3.8, 4) is 11.6 Å². The third kappa shape index (κ3) is 10.6. The normalized spacial score (nSPS) is 23.3. The van der Waals surface area contributed by atoms with Gasteiger partial charge in [-0.2, -0.15) is 13.2 Å². The maximum Gasteiger partial charge on any atom is 0.438 e. The van der Waals surface area contributed by atoms with Crippen LogP contribution in [0.4, 0.5) is 22.4 Å². The van der Waals surface area contributed by atoms with E-state index in [0.717, 1.165) is 4.90 Å². The van der Waals surface area contributed by atoms with E-state index in [1.165, 1.54) is 32.4 Å². The average molecular weight is 887 g/mol. The van der Waals surface area contributed by atoms with Gasteiger partial charge in [0.25, 0.3) is 5.91 Å². The van der Waals surface area contributed by atoms with Gasteiger partial charge in [0.05, 0.1) is 31.3 Å². The highest BCUT2D eigenvalue weighted by atomic mass is 32.2. The zero-order chi connectivity index (χ0) is 45.1. The summed E-state index contributed by atoms with van der Waals surface area (Å²) >= 11 is 0. The molecule has 1 aromatic carbocycles. The number of allylic oxidation sites excluding steroid dienone is 1. The van der Waals surface area contributed by atoms with Crippen LogP contribution in [0.2, 0.25) is 0 Å². The Hall–Kier alpha value is -4.79. The molecule has 3 aliphatic rings. The number of alkyl halides is 4. The molecule has 2 saturated carbocycles. The molecule has 2 aliphatic carbocycles. The van der Waals surface area contributed by atoms with Crippen molar-refractivity contribution < 1.29 is 64.1 Å². The van der Waals surface area contributed by atoms with E-state index < -0.39 is 117 Å². The molecule has 1 aromatic heterocycles. The number of sulfonamides is 1. The predicted octanol–water partition coefficient (Wildman–Crippen LogP) is 4.75. The number of benzene rings is 1. The van der Waals surface area contributed by atoms with Crippen molar-refractivity contribution in [2.75, 3.05) is 34.0 Å². The summed E-state index contributed by atoms with van der Waals surface area (Å²) in [5.74, 6) is -4.97. The Morgan fingerprint density at radius 1 is 1.07 bits per heavy atom. The number of hydrogen-bond acceptors (Lipinski definition) is 12. The molecule has 2 heterocycles. The van der Waals surface area contributed by atoms with Gasteiger partial charge in [-0.3, -0.25) is 19.1 Å². The van der Waals surface area contributed by atoms with E-state index in [9.17, 15) is 45.2 Å². The SMILES string of the molecule is CCC=CC1CC1(NC(=O)C1CC(Oc2nc3cc(OC)ccc3nc2C(F)(F)F)CN1C(=O)C(NC(=O)OC(C)(C)C)C(CCC)COC)C(=O)NS(=O)(=O)C1(CF)CC1. The van der Waals surface area contributed by atoms with Crippen molar-refractivity contribution in [1.82, 2.24) is 30.2 Å². The number of likely N-dealkylation sites (tertiary alicyclic amines) is 1. The lowest BCUT2D eigenvalue weighted by Gasteiger charge is -2.33. The van der Waals surface area contributed by atoms with E-state index in [0.29, 0.717) is 19.3 Å². The summed E-state index contributed by atoms with van der Waals surface area (Å²) < 4.78 is 106. The fraction of sp³-hybridized carbons (Fsp3) is 0.650. The van der Waals surface area contributed by atoms with Crippen molar-refractivity contribution in [3.63, 3.8) is 0 Å². The number of ether oxygens (including phenoxy) is 4. The summed E-state index contributed by atoms with van der Waals surface area (Å²) in [5.41, 5.74) is -4.41. The average Bonchev–Trinajstić information content (AvgIpc) is 4.09. The first-order valence-corrected chi connectivity index (χ1v) is 21.6. The van der Waals surface area contributed by atoms with Crippen LogP contribution in [0.25, 0.3) is 11.0 Å². The number of halogens is 4. The summed E-state index contributed by atoms with van der Waals surface area (Å²) in [6, 6.07) is 1.12. The monoisotopic (exact) mass is 886 g/mol. The summed E-state index contributed by atoms with van der Waals surface area (Å²) in [6.07, 6.45) is -3.09. The second-order valence-corrected chi connectivity index (χ2v) is 18.8. The lowest BCUT2D eigenvalue weighted by molar-refractivity contribution is -0.143. The molecule has 6 unspecified atom stereocenters. The minimum atomic E-state index is -5.05. The van der Waals surface area contributed by atoms with Gasteiger partial charge in [0.2, 0.25) is 33.4 Å². The number of amides is 4. The van der Waals surface area contributed by atoms with Crippen LogP contribution in [0.3, 0.4) is 0 Å². The molecule has 1 saturated heterocycles. The molecule has 338 valence electrons. The zero-order valence-electron chi connectivity index (χ0n) is 35.2. The van der Waals surface area contributed by atoms with Crippen molar-refractivity contribution >= 4 is 44.9 Å². The number of alkyl carbamates (subject to hydrolysis) is 1. The van der Waals surface area contributed by atoms with Crippen LogP contribution in [-0.2, 0) is 40.1 Å². The minimum Gasteiger partial charge on any atom is -0.497 e. The summed E-state index contributed by atoms with van der Waals surface area (Å²) in [7, 11) is -1.75. The Morgan fingerprint density at radius 3 is 2.34 bits per heavy atom. The van der Waals surface area contributed by atoms with E-state index in [1.807, 2.05) is 18.6 Å². The van der Waals surface area contributed by atoms with Gasteiger partial charge < -0.3 is 34.5 Å². The quantitative estimate of drug-likeness (QED) is 0.137. The number of rotatable bonds is 18. The molecular formula is C40H54F4N6O10S. The molecule has 21 heteroatoms. The smallest absolute Gasteiger partial charge is 0.438 e. The maximum atomic E-state index is 14.8. The van der Waals surface area contributed by atoms with Crippen LogP contribution in [0, 0.1) is 11.8 Å². The van der Waals surface area contributed by atoms with Gasteiger partial charge in [0.1, 0.15) is 46.5 Å². The van der Waals surface area contributed by atoms with Crippen LogP contribution in [0.1, 0.15) is 85.3 Å². The Morgan fingerprint density at radius 2 is 1.77 bits per heavy atom. The van der Waals surface area contributed by atoms with E-state index in [2.05, 4.69) is 20.6 Å². The molecule has 3 fully saturated rings. The van der Waals surface area contributed by atoms with Crippen LogP contribution >= 0.6 is 0 Å². The highest BCUT2D eigenvalue weighted by molar-refractivity contribution is 7.91. The zero-order valence-corrected chi connectivity index (χ0v) is 36.0. The number of carbonyl (C=O) groups is 4. The van der Waals surface area contributed by atoms with Gasteiger partial charge >= 0.3 is 12.3 Å². The van der Waals surface area contributed by atoms with Crippen molar-refractivity contribution in [2.24, 2.45) is 11.8 Å². The van der Waals surface area contributed by atoms with Crippen LogP contribution < -0.4 is 24.8 Å². The standard InChI is InChI=1S/C40H54F4N6O10S/c1-8-10-12-24-19-39(24,35(53)49-61(55,56)38(22-41)15-16-38)48-32(51)29-18-26(59-33-31(40(42,43)44)45-27-14-13-25(58-7)17-28(27)46-33)20-50(29)34(52)30(23(11-9-2)21-57-6)47-36(54)60-37(3,4)5/h10,12-14,17,23-24,26,29-30H,8-9,11,15-16,18-22H2,1-7H3,(H,47,54)(H,48,51)(H,49,53). The Bertz CT molecular complexity index is 2110. The number of carbonyl (C=O) groups excluding carboxylic acids is 4. The fourth-order valence-corrected chi connectivity index (χ4v) is 8.82. The highest BCUT2D eigenvalue weighted by Gasteiger charge is 2.64. The Labute approximate surface area is 351 Å². The number of hydrogen-bond donors (Lipinski definition) is 3. The minimum absolute atomic E-state index is 0.00303. The molecule has 0 radical (unpaired) electrons. The molecule has 61 heavy (non-hydrogen) atoms. The number of nitrogens with zero attached hydrogens (tertiary/aromatic N) is 3. The van der Waals surface area contributed by atoms with E-state index in [1.54, 1.807) is 32.9 Å². The molecule has 5 rings (SSSR count). The van der Waals surface area contributed by atoms with Crippen molar-refractivity contribution in [1.29, 1.82) is 0 Å². The molecule has 0 spiro atoms. The summed E-state index contributed by atoms with van der Waals surface area (Å²) in [5, 5.41) is 5.25. The van der Waals surface area contributed by atoms with Gasteiger partial charge in [0.15, 0.2) is 0 Å². The van der Waals surface area contributed by atoms with Gasteiger partial charge in [-0.25, -0.2) is 27.6 Å². The molecular weight excluding hydrogens is 833 g/mol. The summed E-state index contributed by atoms with van der Waals surface area (Å²) in [4.78, 5) is 65.4. The molecule has 2 aromatic rings. The van der Waals surface area contributed by atoms with Crippen molar-refractivity contribution in [3.05, 3.63) is 36.0 Å². The first kappa shape index (κ1) is 47.3. The van der Waals surface area contributed by atoms with Crippen LogP contribution in [-0.4, -0.2) is 115 Å². The lowest BCUT2D eigenvalue weighted by atomic mass is 9.94. The highest BCUT2D eigenvalue weighted by Crippen LogP contribution is 2.48. The largest absolute Gasteiger partial charge is 0.497 e. The van der Waals surface area contributed by atoms with E-state index >= 15 is 0 Å². The first-order chi connectivity index (χ1) is 28.6. The summed E-state index contributed by atoms with van der Waals surface area (Å²) in [6.45, 7) is 6.76. The second kappa shape index (κ2) is 18.3. The Balaban J connectivity index is 1.55. The predicted molar refractivity (Wildman–Crippen MR) is 212 cm³/mol. The van der Waals surface area contributed by atoms with Crippen LogP contribution in [0.15, 0.2) is 30.4 Å². The van der Waals surface area contributed by atoms with E-state index in [4.69, 9.17) is 18.9 Å². The third-order valence-electron chi connectivity index (χ3n) is 10.9. The number of fused-ring (bicyclic) bond motifs is 1. The number of methoxy groups -OCH3 is 2. The molecule has 16 nitrogen and oxygen atoms in total. The number of aromatic nitrogens is 2. The van der Waals surface area contributed by atoms with Crippen molar-refractivity contribution in [2.45, 2.75) is 120 Å². The first-order valence-electron chi connectivity index (χ1n) is 20.1. The van der Waals surface area contributed by atoms with Gasteiger partial charge in [-0.1, -0.05) is 32.4 Å². The van der Waals surface area contributed by atoms with Gasteiger partial charge in [-0.05, 0) is 65.0 Å². The van der Waals surface area contributed by atoms with E-state index in [-0.39, 0.29) is 42.7 Å². The van der Waals surface area contributed by atoms with Gasteiger partial charge in [-0.15, -0.1) is 0 Å². The number of nitrogens with one attached hydrogen (secondary N) is 3. The fourth-order valence-electron chi connectivity index (χ4n) is 7.39. The van der Waals surface area contributed by atoms with Crippen LogP contribution in [0.5, 0.6) is 11.6 Å². The molecule has 1 aliphatic heterocycles. The molecule has 3 N–H and O–H groups in total. The third-order valence-corrected chi connectivity index (χ3v) is 13.0. The molecule has 6 atom stereocenters. The maximum absolute atomic E-state index is 14.8.